The van der Waals surface area contributed by atoms with Gasteiger partial charge in [0, 0.05) is 25.3 Å². The van der Waals surface area contributed by atoms with Crippen molar-refractivity contribution in [3.05, 3.63) is 47.0 Å². The molecule has 7 heteroatoms. The van der Waals surface area contributed by atoms with E-state index < -0.39 is 0 Å². The average molecular weight is 413 g/mol. The van der Waals surface area contributed by atoms with Gasteiger partial charge in [0.2, 0.25) is 5.91 Å². The van der Waals surface area contributed by atoms with E-state index >= 15 is 0 Å². The number of carbonyl (C=O) groups is 1. The van der Waals surface area contributed by atoms with Crippen molar-refractivity contribution in [3.63, 3.8) is 0 Å². The quantitative estimate of drug-likeness (QED) is 0.775. The summed E-state index contributed by atoms with van der Waals surface area (Å²) < 4.78 is 20.8. The van der Waals surface area contributed by atoms with Gasteiger partial charge in [-0.15, -0.1) is 0 Å². The van der Waals surface area contributed by atoms with Crippen LogP contribution in [0.1, 0.15) is 42.6 Å². The zero-order valence-electron chi connectivity index (χ0n) is 17.4. The molecule has 1 aromatic carbocycles. The van der Waals surface area contributed by atoms with Gasteiger partial charge in [-0.2, -0.15) is 5.10 Å². The summed E-state index contributed by atoms with van der Waals surface area (Å²) in [6.07, 6.45) is 6.28. The first-order chi connectivity index (χ1) is 14.7. The van der Waals surface area contributed by atoms with E-state index in [1.165, 1.54) is 23.4 Å². The number of nitrogens with zero attached hydrogens (tertiary/aromatic N) is 4. The Hall–Kier alpha value is -2.25. The Morgan fingerprint density at radius 2 is 1.87 bits per heavy atom. The van der Waals surface area contributed by atoms with Gasteiger partial charge in [0.15, 0.2) is 0 Å². The van der Waals surface area contributed by atoms with E-state index in [0.29, 0.717) is 32.8 Å². The van der Waals surface area contributed by atoms with Crippen LogP contribution in [-0.4, -0.2) is 64.4 Å². The van der Waals surface area contributed by atoms with Crippen LogP contribution in [0.3, 0.4) is 0 Å². The van der Waals surface area contributed by atoms with Crippen molar-refractivity contribution >= 4 is 5.91 Å². The Balaban J connectivity index is 1.39. The van der Waals surface area contributed by atoms with Gasteiger partial charge in [0.25, 0.3) is 0 Å². The summed E-state index contributed by atoms with van der Waals surface area (Å²) in [6.45, 7) is 4.29. The molecule has 6 nitrogen and oxygen atoms in total. The number of hydrogen-bond acceptors (Lipinski definition) is 4. The summed E-state index contributed by atoms with van der Waals surface area (Å²) in [7, 11) is 0. The maximum Gasteiger partial charge on any atom is 0.240 e. The van der Waals surface area contributed by atoms with Crippen molar-refractivity contribution < 1.29 is 13.9 Å². The second-order valence-corrected chi connectivity index (χ2v) is 8.53. The van der Waals surface area contributed by atoms with Crippen LogP contribution in [0.5, 0.6) is 0 Å². The summed E-state index contributed by atoms with van der Waals surface area (Å²) in [6, 6.07) is 6.48. The highest BCUT2D eigenvalue weighted by atomic mass is 19.1. The van der Waals surface area contributed by atoms with Crippen molar-refractivity contribution in [2.24, 2.45) is 0 Å². The molecular weight excluding hydrogens is 383 g/mol. The molecule has 0 saturated carbocycles. The molecule has 3 aliphatic rings. The summed E-state index contributed by atoms with van der Waals surface area (Å²) >= 11 is 0. The smallest absolute Gasteiger partial charge is 0.240 e. The molecule has 1 atom stereocenters. The summed E-state index contributed by atoms with van der Waals surface area (Å²) in [5, 5.41) is 4.94. The topological polar surface area (TPSA) is 50.6 Å². The number of aromatic nitrogens is 2. The third kappa shape index (κ3) is 3.76. The highest BCUT2D eigenvalue weighted by molar-refractivity contribution is 5.82. The van der Waals surface area contributed by atoms with Gasteiger partial charge < -0.3 is 9.64 Å². The van der Waals surface area contributed by atoms with E-state index in [4.69, 9.17) is 9.84 Å². The number of piperidine rings is 1. The molecule has 2 aliphatic heterocycles. The minimum Gasteiger partial charge on any atom is -0.378 e. The van der Waals surface area contributed by atoms with Crippen molar-refractivity contribution in [1.29, 1.82) is 0 Å². The molecule has 1 amide bonds. The number of morpholine rings is 1. The average Bonchev–Trinajstić information content (AvgIpc) is 3.39. The number of fused-ring (bicyclic) bond motifs is 1. The Kier molecular flexibility index (Phi) is 5.56. The third-order valence-corrected chi connectivity index (χ3v) is 6.66. The first-order valence-corrected chi connectivity index (χ1v) is 11.2. The second-order valence-electron chi connectivity index (χ2n) is 8.53. The van der Waals surface area contributed by atoms with Crippen molar-refractivity contribution in [2.45, 2.75) is 51.1 Å². The van der Waals surface area contributed by atoms with Crippen LogP contribution in [0, 0.1) is 5.82 Å². The lowest BCUT2D eigenvalue weighted by Gasteiger charge is -2.38. The number of hydrogen-bond donors (Lipinski definition) is 0. The molecule has 3 heterocycles. The second kappa shape index (κ2) is 8.47. The predicted molar refractivity (Wildman–Crippen MR) is 111 cm³/mol. The fraction of sp³-hybridized carbons (Fsp3) is 0.565. The molecule has 0 N–H and O–H groups in total. The molecule has 160 valence electrons. The van der Waals surface area contributed by atoms with Crippen molar-refractivity contribution in [1.82, 2.24) is 19.6 Å². The Labute approximate surface area is 176 Å². The molecule has 30 heavy (non-hydrogen) atoms. The van der Waals surface area contributed by atoms with Crippen molar-refractivity contribution in [2.75, 3.05) is 32.8 Å². The fourth-order valence-corrected chi connectivity index (χ4v) is 5.08. The van der Waals surface area contributed by atoms with Crippen LogP contribution in [0.15, 0.2) is 24.3 Å². The van der Waals surface area contributed by atoms with Crippen molar-refractivity contribution in [3.8, 4) is 5.69 Å². The number of ether oxygens (including phenoxy) is 1. The zero-order chi connectivity index (χ0) is 20.5. The minimum atomic E-state index is -0.236. The molecule has 2 saturated heterocycles. The number of benzene rings is 1. The standard InChI is InChI=1S/C23H29FN4O2/c24-17-7-9-18(10-8-17)28-21-6-3-4-19(21)20(25-28)16-27-11-2-1-5-22(27)23(29)26-12-14-30-15-13-26/h7-10,22H,1-6,11-16H2. The molecule has 1 aromatic heterocycles. The third-order valence-electron chi connectivity index (χ3n) is 6.66. The number of carbonyl (C=O) groups excluding carboxylic acids is 1. The van der Waals surface area contributed by atoms with Gasteiger partial charge in [-0.25, -0.2) is 9.07 Å². The lowest BCUT2D eigenvalue weighted by atomic mass is 10.00. The molecular formula is C23H29FN4O2. The molecule has 2 aromatic rings. The van der Waals surface area contributed by atoms with Gasteiger partial charge in [0.05, 0.1) is 30.6 Å². The lowest BCUT2D eigenvalue weighted by molar-refractivity contribution is -0.142. The van der Waals surface area contributed by atoms with Crippen LogP contribution >= 0.6 is 0 Å². The van der Waals surface area contributed by atoms with E-state index in [2.05, 4.69) is 4.90 Å². The van der Waals surface area contributed by atoms with Gasteiger partial charge >= 0.3 is 0 Å². The van der Waals surface area contributed by atoms with Crippen LogP contribution < -0.4 is 0 Å². The molecule has 0 spiro atoms. The molecule has 5 rings (SSSR count). The van der Waals surface area contributed by atoms with Gasteiger partial charge in [-0.1, -0.05) is 6.42 Å². The van der Waals surface area contributed by atoms with E-state index in [-0.39, 0.29) is 17.8 Å². The summed E-state index contributed by atoms with van der Waals surface area (Å²) in [5.74, 6) is 0.00757. The first kappa shape index (κ1) is 19.7. The van der Waals surface area contributed by atoms with Crippen LogP contribution in [0.25, 0.3) is 5.69 Å². The van der Waals surface area contributed by atoms with Crippen LogP contribution in [-0.2, 0) is 28.9 Å². The number of rotatable bonds is 4. The Bertz CT molecular complexity index is 905. The monoisotopic (exact) mass is 412 g/mol. The lowest BCUT2D eigenvalue weighted by Crippen LogP contribution is -2.53. The van der Waals surface area contributed by atoms with Gasteiger partial charge in [-0.3, -0.25) is 9.69 Å². The first-order valence-electron chi connectivity index (χ1n) is 11.2. The summed E-state index contributed by atoms with van der Waals surface area (Å²) in [4.78, 5) is 17.5. The number of halogens is 1. The minimum absolute atomic E-state index is 0.0649. The number of likely N-dealkylation sites (tertiary alicyclic amines) is 1. The van der Waals surface area contributed by atoms with E-state index in [9.17, 15) is 9.18 Å². The zero-order valence-corrected chi connectivity index (χ0v) is 17.4. The number of amides is 1. The molecule has 2 fully saturated rings. The molecule has 1 aliphatic carbocycles. The normalized spacial score (nSPS) is 22.3. The van der Waals surface area contributed by atoms with E-state index in [0.717, 1.165) is 56.5 Å². The fourth-order valence-electron chi connectivity index (χ4n) is 5.08. The predicted octanol–water partition coefficient (Wildman–Crippen LogP) is 2.71. The molecule has 1 unspecified atom stereocenters. The Morgan fingerprint density at radius 1 is 1.07 bits per heavy atom. The highest BCUT2D eigenvalue weighted by Crippen LogP contribution is 2.30. The van der Waals surface area contributed by atoms with Crippen LogP contribution in [0.2, 0.25) is 0 Å². The summed E-state index contributed by atoms with van der Waals surface area (Å²) in [5.41, 5.74) is 4.54. The maximum atomic E-state index is 13.4. The SMILES string of the molecule is O=C(C1CCCCN1Cc1nn(-c2ccc(F)cc2)c2c1CCC2)N1CCOCC1. The Morgan fingerprint density at radius 3 is 2.67 bits per heavy atom. The molecule has 0 radical (unpaired) electrons. The van der Waals surface area contributed by atoms with E-state index in [1.54, 1.807) is 12.1 Å². The van der Waals surface area contributed by atoms with E-state index in [1.807, 2.05) is 9.58 Å². The highest BCUT2D eigenvalue weighted by Gasteiger charge is 2.34. The molecule has 0 bridgehead atoms. The van der Waals surface area contributed by atoms with Crippen LogP contribution in [0.4, 0.5) is 4.39 Å². The largest absolute Gasteiger partial charge is 0.378 e. The van der Waals surface area contributed by atoms with Gasteiger partial charge in [-0.05, 0) is 68.5 Å². The maximum absolute atomic E-state index is 13.4. The van der Waals surface area contributed by atoms with Gasteiger partial charge in [0.1, 0.15) is 5.82 Å².